The van der Waals surface area contributed by atoms with Crippen molar-refractivity contribution in [2.24, 2.45) is 5.41 Å². The van der Waals surface area contributed by atoms with Crippen LogP contribution in [0, 0.1) is 5.41 Å². The van der Waals surface area contributed by atoms with Crippen molar-refractivity contribution in [1.82, 2.24) is 15.1 Å². The highest BCUT2D eigenvalue weighted by atomic mass is 16.3. The Balaban J connectivity index is 1.86. The lowest BCUT2D eigenvalue weighted by atomic mass is 9.79. The molecule has 2 heterocycles. The monoisotopic (exact) mass is 255 g/mol. The van der Waals surface area contributed by atoms with Gasteiger partial charge in [0.05, 0.1) is 6.61 Å². The van der Waals surface area contributed by atoms with Crippen LogP contribution in [-0.2, 0) is 4.79 Å². The number of carbonyl (C=O) groups is 1. The van der Waals surface area contributed by atoms with E-state index in [1.807, 2.05) is 4.90 Å². The summed E-state index contributed by atoms with van der Waals surface area (Å²) >= 11 is 0. The zero-order valence-electron chi connectivity index (χ0n) is 11.3. The fraction of sp³-hybridized carbons (Fsp3) is 0.923. The second-order valence-corrected chi connectivity index (χ2v) is 5.67. The first-order valence-corrected chi connectivity index (χ1v) is 6.99. The normalized spacial score (nSPS) is 25.1. The highest BCUT2D eigenvalue weighted by Crippen LogP contribution is 2.30. The van der Waals surface area contributed by atoms with Crippen molar-refractivity contribution in [3.8, 4) is 0 Å². The van der Waals surface area contributed by atoms with Gasteiger partial charge in [0.25, 0.3) is 0 Å². The number of rotatable bonds is 3. The zero-order chi connectivity index (χ0) is 13.0. The number of hydrogen-bond donors (Lipinski definition) is 2. The van der Waals surface area contributed by atoms with Crippen molar-refractivity contribution in [3.63, 3.8) is 0 Å². The summed E-state index contributed by atoms with van der Waals surface area (Å²) in [7, 11) is 0. The number of amides is 1. The quantitative estimate of drug-likeness (QED) is 0.715. The number of nitrogens with one attached hydrogen (secondary N) is 1. The molecular formula is C13H25N3O2. The van der Waals surface area contributed by atoms with E-state index >= 15 is 0 Å². The first-order valence-electron chi connectivity index (χ1n) is 6.99. The maximum Gasteiger partial charge on any atom is 0.228 e. The van der Waals surface area contributed by atoms with Crippen LogP contribution in [0.2, 0.25) is 0 Å². The van der Waals surface area contributed by atoms with Gasteiger partial charge in [0.2, 0.25) is 5.91 Å². The van der Waals surface area contributed by atoms with E-state index in [2.05, 4.69) is 17.1 Å². The van der Waals surface area contributed by atoms with E-state index in [-0.39, 0.29) is 12.0 Å². The maximum absolute atomic E-state index is 12.6. The van der Waals surface area contributed by atoms with Crippen LogP contribution in [-0.4, -0.2) is 73.2 Å². The van der Waals surface area contributed by atoms with Gasteiger partial charge in [0.1, 0.15) is 0 Å². The molecule has 0 aromatic carbocycles. The Morgan fingerprint density at radius 1 is 1.22 bits per heavy atom. The van der Waals surface area contributed by atoms with Crippen LogP contribution in [0.3, 0.4) is 0 Å². The lowest BCUT2D eigenvalue weighted by Gasteiger charge is -2.41. The van der Waals surface area contributed by atoms with Crippen molar-refractivity contribution in [3.05, 3.63) is 0 Å². The topological polar surface area (TPSA) is 55.8 Å². The van der Waals surface area contributed by atoms with E-state index < -0.39 is 0 Å². The van der Waals surface area contributed by atoms with Crippen LogP contribution in [0.25, 0.3) is 0 Å². The second kappa shape index (κ2) is 5.99. The third-order valence-electron chi connectivity index (χ3n) is 4.30. The molecule has 0 aromatic heterocycles. The van der Waals surface area contributed by atoms with Crippen LogP contribution in [0.1, 0.15) is 19.8 Å². The number of hydrogen-bond acceptors (Lipinski definition) is 4. The molecule has 0 aliphatic carbocycles. The minimum atomic E-state index is -0.162. The fourth-order valence-corrected chi connectivity index (χ4v) is 2.89. The number of β-amino-alcohol motifs (C(OH)–C–C–N with tert-alkyl or cyclic N) is 1. The summed E-state index contributed by atoms with van der Waals surface area (Å²) < 4.78 is 0. The van der Waals surface area contributed by atoms with Gasteiger partial charge in [-0.3, -0.25) is 9.69 Å². The Morgan fingerprint density at radius 3 is 2.39 bits per heavy atom. The van der Waals surface area contributed by atoms with Crippen molar-refractivity contribution >= 4 is 5.91 Å². The van der Waals surface area contributed by atoms with Gasteiger partial charge in [-0.05, 0) is 25.9 Å². The Kier molecular flexibility index (Phi) is 4.59. The summed E-state index contributed by atoms with van der Waals surface area (Å²) in [5.74, 6) is 0.327. The molecule has 0 bridgehead atoms. The van der Waals surface area contributed by atoms with Crippen LogP contribution in [0.4, 0.5) is 0 Å². The lowest BCUT2D eigenvalue weighted by molar-refractivity contribution is -0.144. The van der Waals surface area contributed by atoms with Gasteiger partial charge in [-0.1, -0.05) is 6.92 Å². The molecule has 18 heavy (non-hydrogen) atoms. The van der Waals surface area contributed by atoms with Crippen molar-refractivity contribution in [2.75, 3.05) is 52.4 Å². The molecule has 2 N–H and O–H groups in total. The predicted octanol–water partition coefficient (Wildman–Crippen LogP) is -0.487. The molecule has 0 atom stereocenters. The highest BCUT2D eigenvalue weighted by molar-refractivity contribution is 5.82. The van der Waals surface area contributed by atoms with E-state index in [0.717, 1.165) is 58.7 Å². The van der Waals surface area contributed by atoms with E-state index in [1.165, 1.54) is 0 Å². The maximum atomic E-state index is 12.6. The molecule has 0 radical (unpaired) electrons. The van der Waals surface area contributed by atoms with Gasteiger partial charge in [-0.15, -0.1) is 0 Å². The molecule has 5 heteroatoms. The van der Waals surface area contributed by atoms with Gasteiger partial charge in [0, 0.05) is 38.1 Å². The van der Waals surface area contributed by atoms with Crippen LogP contribution >= 0.6 is 0 Å². The third kappa shape index (κ3) is 3.02. The predicted molar refractivity (Wildman–Crippen MR) is 70.3 cm³/mol. The molecule has 5 nitrogen and oxygen atoms in total. The summed E-state index contributed by atoms with van der Waals surface area (Å²) in [6.07, 6.45) is 1.89. The molecule has 2 aliphatic heterocycles. The lowest BCUT2D eigenvalue weighted by Crippen LogP contribution is -2.54. The number of piperidine rings is 1. The minimum Gasteiger partial charge on any atom is -0.395 e. The summed E-state index contributed by atoms with van der Waals surface area (Å²) in [6, 6.07) is 0. The standard InChI is InChI=1S/C13H25N3O2/c1-13(2-4-14-5-3-13)12(18)16-8-6-15(7-9-16)10-11-17/h14,17H,2-11H2,1H3. The van der Waals surface area contributed by atoms with Gasteiger partial charge >= 0.3 is 0 Å². The summed E-state index contributed by atoms with van der Waals surface area (Å²) in [6.45, 7) is 8.33. The van der Waals surface area contributed by atoms with Gasteiger partial charge in [-0.25, -0.2) is 0 Å². The van der Waals surface area contributed by atoms with Crippen LogP contribution in [0.5, 0.6) is 0 Å². The van der Waals surface area contributed by atoms with Crippen molar-refractivity contribution in [1.29, 1.82) is 0 Å². The van der Waals surface area contributed by atoms with Gasteiger partial charge in [0.15, 0.2) is 0 Å². The molecule has 2 saturated heterocycles. The molecule has 0 unspecified atom stereocenters. The number of aliphatic hydroxyl groups is 1. The molecule has 2 fully saturated rings. The van der Waals surface area contributed by atoms with Gasteiger partial charge in [-0.2, -0.15) is 0 Å². The molecule has 0 spiro atoms. The average Bonchev–Trinajstić information content (AvgIpc) is 2.40. The molecule has 0 aromatic rings. The Bertz CT molecular complexity index is 282. The number of piperazine rings is 1. The van der Waals surface area contributed by atoms with E-state index in [4.69, 9.17) is 5.11 Å². The first-order chi connectivity index (χ1) is 8.65. The smallest absolute Gasteiger partial charge is 0.228 e. The number of aliphatic hydroxyl groups excluding tert-OH is 1. The highest BCUT2D eigenvalue weighted by Gasteiger charge is 2.38. The van der Waals surface area contributed by atoms with Crippen LogP contribution < -0.4 is 5.32 Å². The second-order valence-electron chi connectivity index (χ2n) is 5.67. The van der Waals surface area contributed by atoms with E-state index in [1.54, 1.807) is 0 Å². The fourth-order valence-electron chi connectivity index (χ4n) is 2.89. The Hall–Kier alpha value is -0.650. The molecule has 2 aliphatic rings. The minimum absolute atomic E-state index is 0.162. The first kappa shape index (κ1) is 13.8. The van der Waals surface area contributed by atoms with E-state index in [0.29, 0.717) is 5.91 Å². The third-order valence-corrected chi connectivity index (χ3v) is 4.30. The SMILES string of the molecule is CC1(C(=O)N2CCN(CCO)CC2)CCNCC1. The Labute approximate surface area is 109 Å². The largest absolute Gasteiger partial charge is 0.395 e. The zero-order valence-corrected chi connectivity index (χ0v) is 11.3. The van der Waals surface area contributed by atoms with Gasteiger partial charge < -0.3 is 15.3 Å². The summed E-state index contributed by atoms with van der Waals surface area (Å²) in [5.41, 5.74) is -0.162. The number of carbonyl (C=O) groups excluding carboxylic acids is 1. The van der Waals surface area contributed by atoms with Crippen molar-refractivity contribution < 1.29 is 9.90 Å². The molecule has 1 amide bonds. The van der Waals surface area contributed by atoms with Crippen molar-refractivity contribution in [2.45, 2.75) is 19.8 Å². The summed E-state index contributed by atoms with van der Waals surface area (Å²) in [4.78, 5) is 16.8. The molecule has 0 saturated carbocycles. The van der Waals surface area contributed by atoms with E-state index in [9.17, 15) is 4.79 Å². The number of nitrogens with zero attached hydrogens (tertiary/aromatic N) is 2. The molecular weight excluding hydrogens is 230 g/mol. The Morgan fingerprint density at radius 2 is 1.83 bits per heavy atom. The molecule has 104 valence electrons. The molecule has 2 rings (SSSR count). The average molecular weight is 255 g/mol. The van der Waals surface area contributed by atoms with Crippen LogP contribution in [0.15, 0.2) is 0 Å². The summed E-state index contributed by atoms with van der Waals surface area (Å²) in [5, 5.41) is 12.2.